The minimum Gasteiger partial charge on any atom is -0.333 e. The Morgan fingerprint density at radius 2 is 2.33 bits per heavy atom. The number of likely N-dealkylation sites (N-methyl/N-ethyl adjacent to an activating group) is 1. The Morgan fingerprint density at radius 1 is 1.56 bits per heavy atom. The highest BCUT2D eigenvalue weighted by atomic mass is 35.5. The van der Waals surface area contributed by atoms with E-state index in [9.17, 15) is 0 Å². The van der Waals surface area contributed by atoms with Gasteiger partial charge in [0.05, 0.1) is 0 Å². The van der Waals surface area contributed by atoms with E-state index < -0.39 is 0 Å². The highest BCUT2D eigenvalue weighted by Crippen LogP contribution is 2.34. The second kappa shape index (κ2) is 7.13. The molecule has 2 aromatic rings. The topological polar surface area (TPSA) is 51.0 Å². The average Bonchev–Trinajstić information content (AvgIpc) is 2.95. The van der Waals surface area contributed by atoms with Crippen LogP contribution in [0.15, 0.2) is 20.9 Å². The van der Waals surface area contributed by atoms with Crippen molar-refractivity contribution in [2.24, 2.45) is 0 Å². The third kappa shape index (κ3) is 3.47. The second-order valence-electron chi connectivity index (χ2n) is 3.73. The first-order chi connectivity index (χ1) is 8.24. The maximum absolute atomic E-state index is 5.31. The number of halogens is 1. The van der Waals surface area contributed by atoms with Gasteiger partial charge in [0.15, 0.2) is 5.82 Å². The Balaban J connectivity index is 0.00000162. The van der Waals surface area contributed by atoms with Crippen molar-refractivity contribution in [3.8, 4) is 10.8 Å². The molecule has 2 rings (SSSR count). The van der Waals surface area contributed by atoms with E-state index in [0.29, 0.717) is 11.9 Å². The highest BCUT2D eigenvalue weighted by Gasteiger charge is 2.15. The van der Waals surface area contributed by atoms with Gasteiger partial charge in [-0.15, -0.1) is 35.5 Å². The SMILES string of the molecule is CNC(C)Cc1noc(-c2sccc2SC)n1.Cl. The number of thiophene rings is 1. The summed E-state index contributed by atoms with van der Waals surface area (Å²) in [5, 5.41) is 9.21. The molecular weight excluding hydrogens is 290 g/mol. The third-order valence-corrected chi connectivity index (χ3v) is 4.30. The molecule has 1 N–H and O–H groups in total. The normalized spacial score (nSPS) is 12.2. The van der Waals surface area contributed by atoms with E-state index >= 15 is 0 Å². The predicted octanol–water partition coefficient (Wildman–Crippen LogP) is 3.09. The molecule has 0 aliphatic carbocycles. The molecule has 100 valence electrons. The third-order valence-electron chi connectivity index (χ3n) is 2.49. The molecule has 0 bridgehead atoms. The Labute approximate surface area is 121 Å². The summed E-state index contributed by atoms with van der Waals surface area (Å²) in [5.74, 6) is 1.38. The van der Waals surface area contributed by atoms with Crippen molar-refractivity contribution in [3.05, 3.63) is 17.3 Å². The maximum Gasteiger partial charge on any atom is 0.269 e. The van der Waals surface area contributed by atoms with Gasteiger partial charge in [0.25, 0.3) is 5.89 Å². The van der Waals surface area contributed by atoms with Gasteiger partial charge >= 0.3 is 0 Å². The van der Waals surface area contributed by atoms with Gasteiger partial charge in [-0.2, -0.15) is 4.98 Å². The fourth-order valence-corrected chi connectivity index (χ4v) is 3.08. The molecule has 1 unspecified atom stereocenters. The first-order valence-electron chi connectivity index (χ1n) is 5.36. The maximum atomic E-state index is 5.31. The van der Waals surface area contributed by atoms with Gasteiger partial charge in [-0.3, -0.25) is 0 Å². The molecule has 0 saturated heterocycles. The molecule has 0 fully saturated rings. The first-order valence-corrected chi connectivity index (χ1v) is 7.46. The summed E-state index contributed by atoms with van der Waals surface area (Å²) in [6.45, 7) is 2.09. The summed E-state index contributed by atoms with van der Waals surface area (Å²) in [6.07, 6.45) is 2.83. The van der Waals surface area contributed by atoms with Crippen molar-refractivity contribution in [1.82, 2.24) is 15.5 Å². The van der Waals surface area contributed by atoms with Crippen LogP contribution in [0.2, 0.25) is 0 Å². The number of nitrogens with zero attached hydrogens (tertiary/aromatic N) is 2. The first kappa shape index (κ1) is 15.5. The Hall–Kier alpha value is -0.560. The highest BCUT2D eigenvalue weighted by molar-refractivity contribution is 7.98. The van der Waals surface area contributed by atoms with Crippen LogP contribution in [0.3, 0.4) is 0 Å². The lowest BCUT2D eigenvalue weighted by Gasteiger charge is -2.04. The second-order valence-corrected chi connectivity index (χ2v) is 5.49. The van der Waals surface area contributed by atoms with Gasteiger partial charge in [-0.05, 0) is 31.7 Å². The zero-order valence-corrected chi connectivity index (χ0v) is 12.9. The van der Waals surface area contributed by atoms with Crippen molar-refractivity contribution < 1.29 is 4.52 Å². The minimum absolute atomic E-state index is 0. The summed E-state index contributed by atoms with van der Waals surface area (Å²) in [4.78, 5) is 6.68. The van der Waals surface area contributed by atoms with Crippen LogP contribution in [0.25, 0.3) is 10.8 Å². The van der Waals surface area contributed by atoms with Crippen molar-refractivity contribution >= 4 is 35.5 Å². The molecule has 0 amide bonds. The lowest BCUT2D eigenvalue weighted by molar-refractivity contribution is 0.418. The van der Waals surface area contributed by atoms with Gasteiger partial charge in [-0.1, -0.05) is 5.16 Å². The molecule has 4 nitrogen and oxygen atoms in total. The van der Waals surface area contributed by atoms with E-state index in [1.807, 2.05) is 18.7 Å². The standard InChI is InChI=1S/C11H15N3OS2.ClH/c1-7(12-2)6-9-13-11(15-14-9)10-8(16-3)4-5-17-10;/h4-5,7,12H,6H2,1-3H3;1H. The van der Waals surface area contributed by atoms with Gasteiger partial charge in [0, 0.05) is 17.4 Å². The lowest BCUT2D eigenvalue weighted by Crippen LogP contribution is -2.24. The molecule has 0 aliphatic rings. The molecule has 2 heterocycles. The van der Waals surface area contributed by atoms with E-state index in [0.717, 1.165) is 17.1 Å². The quantitative estimate of drug-likeness (QED) is 0.860. The number of rotatable bonds is 5. The van der Waals surface area contributed by atoms with E-state index in [1.54, 1.807) is 23.1 Å². The van der Waals surface area contributed by atoms with E-state index in [-0.39, 0.29) is 12.4 Å². The van der Waals surface area contributed by atoms with E-state index in [2.05, 4.69) is 28.4 Å². The van der Waals surface area contributed by atoms with Crippen LogP contribution in [0.4, 0.5) is 0 Å². The molecule has 7 heteroatoms. The molecule has 1 atom stereocenters. The van der Waals surface area contributed by atoms with Crippen molar-refractivity contribution in [2.45, 2.75) is 24.3 Å². The van der Waals surface area contributed by atoms with Crippen molar-refractivity contribution in [2.75, 3.05) is 13.3 Å². The Kier molecular flexibility index (Phi) is 6.14. The summed E-state index contributed by atoms with van der Waals surface area (Å²) in [6, 6.07) is 2.42. The molecule has 0 spiro atoms. The monoisotopic (exact) mass is 305 g/mol. The van der Waals surface area contributed by atoms with Crippen LogP contribution in [0.5, 0.6) is 0 Å². The van der Waals surface area contributed by atoms with Crippen LogP contribution < -0.4 is 5.32 Å². The zero-order chi connectivity index (χ0) is 12.3. The molecule has 18 heavy (non-hydrogen) atoms. The minimum atomic E-state index is 0. The van der Waals surface area contributed by atoms with Crippen LogP contribution >= 0.6 is 35.5 Å². The number of thioether (sulfide) groups is 1. The molecule has 2 aromatic heterocycles. The van der Waals surface area contributed by atoms with Crippen LogP contribution in [0, 0.1) is 0 Å². The van der Waals surface area contributed by atoms with E-state index in [1.165, 1.54) is 4.90 Å². The summed E-state index contributed by atoms with van der Waals surface area (Å²) >= 11 is 3.33. The number of hydrogen-bond donors (Lipinski definition) is 1. The summed E-state index contributed by atoms with van der Waals surface area (Å²) in [5.41, 5.74) is 0. The molecule has 0 aromatic carbocycles. The van der Waals surface area contributed by atoms with E-state index in [4.69, 9.17) is 4.52 Å². The molecule has 0 aliphatic heterocycles. The number of hydrogen-bond acceptors (Lipinski definition) is 6. The number of nitrogens with one attached hydrogen (secondary N) is 1. The summed E-state index contributed by atoms with van der Waals surface area (Å²) in [7, 11) is 1.93. The average molecular weight is 306 g/mol. The summed E-state index contributed by atoms with van der Waals surface area (Å²) < 4.78 is 5.31. The van der Waals surface area contributed by atoms with Crippen LogP contribution in [0.1, 0.15) is 12.7 Å². The smallest absolute Gasteiger partial charge is 0.269 e. The Morgan fingerprint density at radius 3 is 3.00 bits per heavy atom. The van der Waals surface area contributed by atoms with Crippen LogP contribution in [-0.2, 0) is 6.42 Å². The molecular formula is C11H16ClN3OS2. The zero-order valence-electron chi connectivity index (χ0n) is 10.5. The van der Waals surface area contributed by atoms with Crippen molar-refractivity contribution in [3.63, 3.8) is 0 Å². The Bertz CT molecular complexity index is 486. The van der Waals surface area contributed by atoms with Gasteiger partial charge in [0.2, 0.25) is 0 Å². The fraction of sp³-hybridized carbons (Fsp3) is 0.455. The van der Waals surface area contributed by atoms with Crippen LogP contribution in [-0.4, -0.2) is 29.5 Å². The number of aromatic nitrogens is 2. The van der Waals surface area contributed by atoms with Crippen molar-refractivity contribution in [1.29, 1.82) is 0 Å². The van der Waals surface area contributed by atoms with Gasteiger partial charge in [-0.25, -0.2) is 0 Å². The predicted molar refractivity (Wildman–Crippen MR) is 78.9 cm³/mol. The fourth-order valence-electron chi connectivity index (χ4n) is 1.42. The lowest BCUT2D eigenvalue weighted by atomic mass is 10.2. The molecule has 0 saturated carbocycles. The molecule has 0 radical (unpaired) electrons. The van der Waals surface area contributed by atoms with Gasteiger partial charge in [0.1, 0.15) is 4.88 Å². The largest absolute Gasteiger partial charge is 0.333 e. The van der Waals surface area contributed by atoms with Gasteiger partial charge < -0.3 is 9.84 Å².